The van der Waals surface area contributed by atoms with E-state index in [4.69, 9.17) is 4.98 Å². The van der Waals surface area contributed by atoms with Crippen LogP contribution in [0.1, 0.15) is 53.4 Å². The van der Waals surface area contributed by atoms with Crippen LogP contribution in [0, 0.1) is 17.9 Å². The SMILES string of the molecule is CCC(CC)C(=O)/C=C(\O)C(CC)CC.[Ir].[c-]1c(-c2ccc3ccccc3n2)cc(-c2ccc(-c3ccccc3)cc2)c2ccccc12. The number of aliphatic hydroxyl groups is 1. The third-order valence-electron chi connectivity index (χ3n) is 9.03. The van der Waals surface area contributed by atoms with Crippen molar-refractivity contribution < 1.29 is 30.0 Å². The van der Waals surface area contributed by atoms with Gasteiger partial charge in [0.15, 0.2) is 5.78 Å². The molecule has 0 saturated carbocycles. The maximum absolute atomic E-state index is 11.7. The molecular formula is C44H44IrNO2-. The van der Waals surface area contributed by atoms with Crippen molar-refractivity contribution in [2.45, 2.75) is 53.4 Å². The molecule has 3 nitrogen and oxygen atoms in total. The second-order valence-electron chi connectivity index (χ2n) is 12.0. The van der Waals surface area contributed by atoms with Gasteiger partial charge in [-0.3, -0.25) is 9.78 Å². The number of pyridine rings is 1. The number of fused-ring (bicyclic) bond motifs is 2. The molecule has 48 heavy (non-hydrogen) atoms. The molecule has 1 aromatic heterocycles. The molecule has 1 radical (unpaired) electrons. The summed E-state index contributed by atoms with van der Waals surface area (Å²) in [6, 6.07) is 46.0. The number of hydrogen-bond donors (Lipinski definition) is 1. The van der Waals surface area contributed by atoms with Crippen molar-refractivity contribution in [1.29, 1.82) is 0 Å². The zero-order valence-electron chi connectivity index (χ0n) is 28.2. The maximum Gasteiger partial charge on any atom is 0.162 e. The molecule has 0 atom stereocenters. The summed E-state index contributed by atoms with van der Waals surface area (Å²) in [5.74, 6) is 0.547. The Balaban J connectivity index is 0.000000279. The molecule has 0 aliphatic heterocycles. The van der Waals surface area contributed by atoms with Crippen LogP contribution in [0.15, 0.2) is 133 Å². The van der Waals surface area contributed by atoms with E-state index in [0.29, 0.717) is 0 Å². The summed E-state index contributed by atoms with van der Waals surface area (Å²) in [6.07, 6.45) is 4.91. The number of para-hydroxylation sites is 1. The second kappa shape index (κ2) is 17.7. The number of aliphatic hydroxyl groups excluding tert-OH is 1. The first-order valence-corrected chi connectivity index (χ1v) is 16.9. The minimum Gasteiger partial charge on any atom is -0.512 e. The monoisotopic (exact) mass is 811 g/mol. The number of benzene rings is 5. The van der Waals surface area contributed by atoms with Gasteiger partial charge < -0.3 is 5.11 Å². The van der Waals surface area contributed by atoms with E-state index in [-0.39, 0.29) is 43.5 Å². The molecule has 247 valence electrons. The van der Waals surface area contributed by atoms with Crippen LogP contribution >= 0.6 is 0 Å². The van der Waals surface area contributed by atoms with Gasteiger partial charge in [0.1, 0.15) is 0 Å². The van der Waals surface area contributed by atoms with Gasteiger partial charge in [0.05, 0.1) is 11.3 Å². The number of rotatable bonds is 10. The Kier molecular flexibility index (Phi) is 13.4. The van der Waals surface area contributed by atoms with Crippen molar-refractivity contribution in [3.8, 4) is 33.5 Å². The Labute approximate surface area is 299 Å². The molecule has 6 aromatic rings. The number of ketones is 1. The molecule has 0 aliphatic carbocycles. The molecule has 0 fully saturated rings. The third-order valence-corrected chi connectivity index (χ3v) is 9.03. The number of aromatic nitrogens is 1. The van der Waals surface area contributed by atoms with Gasteiger partial charge in [0.2, 0.25) is 0 Å². The molecule has 4 heteroatoms. The summed E-state index contributed by atoms with van der Waals surface area (Å²) < 4.78 is 0. The first-order valence-electron chi connectivity index (χ1n) is 16.9. The summed E-state index contributed by atoms with van der Waals surface area (Å²) in [5, 5.41) is 13.2. The summed E-state index contributed by atoms with van der Waals surface area (Å²) in [7, 11) is 0. The van der Waals surface area contributed by atoms with Gasteiger partial charge >= 0.3 is 0 Å². The quantitative estimate of drug-likeness (QED) is 0.0852. The Hall–Kier alpha value is -4.37. The Morgan fingerprint density at radius 3 is 1.96 bits per heavy atom. The first kappa shape index (κ1) is 36.5. The number of nitrogens with zero attached hydrogens (tertiary/aromatic N) is 1. The maximum atomic E-state index is 11.7. The number of carbonyl (C=O) groups excluding carboxylic acids is 1. The number of carbonyl (C=O) groups is 1. The summed E-state index contributed by atoms with van der Waals surface area (Å²) >= 11 is 0. The van der Waals surface area contributed by atoms with Crippen LogP contribution < -0.4 is 0 Å². The van der Waals surface area contributed by atoms with Crippen LogP contribution in [0.4, 0.5) is 0 Å². The molecule has 0 aliphatic rings. The summed E-state index contributed by atoms with van der Waals surface area (Å²) in [4.78, 5) is 16.6. The van der Waals surface area contributed by atoms with Gasteiger partial charge in [-0.15, -0.1) is 23.6 Å². The van der Waals surface area contributed by atoms with Crippen molar-refractivity contribution in [3.63, 3.8) is 0 Å². The number of hydrogen-bond acceptors (Lipinski definition) is 3. The van der Waals surface area contributed by atoms with E-state index in [0.717, 1.165) is 53.2 Å². The standard InChI is InChI=1S/C31H20N.C13H24O2.Ir/c1-2-8-22(9-3-1)23-14-16-24(17-15-23)29-21-27(20-26-11-4-6-12-28(26)29)31-19-18-25-10-5-7-13-30(25)32-31;1-5-10(6-2)12(14)9-13(15)11(7-3)8-4;/h1-19,21H;9-11,14H,5-8H2,1-4H3;/q-1;;/b;12-9-;. The molecule has 0 bridgehead atoms. The van der Waals surface area contributed by atoms with E-state index in [2.05, 4.69) is 109 Å². The average Bonchev–Trinajstić information content (AvgIpc) is 3.12. The Morgan fingerprint density at radius 1 is 0.688 bits per heavy atom. The molecule has 0 amide bonds. The fourth-order valence-electron chi connectivity index (χ4n) is 6.08. The van der Waals surface area contributed by atoms with E-state index >= 15 is 0 Å². The van der Waals surface area contributed by atoms with Gasteiger partial charge in [-0.1, -0.05) is 147 Å². The predicted molar refractivity (Wildman–Crippen MR) is 198 cm³/mol. The normalized spacial score (nSPS) is 11.3. The van der Waals surface area contributed by atoms with Crippen molar-refractivity contribution in [3.05, 3.63) is 139 Å². The smallest absolute Gasteiger partial charge is 0.162 e. The average molecular weight is 811 g/mol. The zero-order chi connectivity index (χ0) is 33.2. The topological polar surface area (TPSA) is 50.2 Å². The molecule has 1 heterocycles. The molecular weight excluding hydrogens is 767 g/mol. The number of allylic oxidation sites excluding steroid dienone is 2. The van der Waals surface area contributed by atoms with Crippen molar-refractivity contribution in [2.24, 2.45) is 11.8 Å². The van der Waals surface area contributed by atoms with Crippen LogP contribution in [-0.4, -0.2) is 15.9 Å². The van der Waals surface area contributed by atoms with E-state index in [1.54, 1.807) is 0 Å². The molecule has 0 unspecified atom stereocenters. The second-order valence-corrected chi connectivity index (χ2v) is 12.0. The van der Waals surface area contributed by atoms with Gasteiger partial charge in [-0.05, 0) is 53.8 Å². The first-order chi connectivity index (χ1) is 22.9. The van der Waals surface area contributed by atoms with Gasteiger partial charge in [-0.25, -0.2) is 0 Å². The molecule has 0 spiro atoms. The minimum absolute atomic E-state index is 0. The van der Waals surface area contributed by atoms with E-state index in [9.17, 15) is 9.90 Å². The Morgan fingerprint density at radius 2 is 1.27 bits per heavy atom. The van der Waals surface area contributed by atoms with E-state index in [1.807, 2.05) is 45.9 Å². The fourth-order valence-corrected chi connectivity index (χ4v) is 6.08. The largest absolute Gasteiger partial charge is 0.512 e. The Bertz CT molecular complexity index is 1960. The van der Waals surface area contributed by atoms with Crippen LogP contribution in [0.3, 0.4) is 0 Å². The van der Waals surface area contributed by atoms with E-state index in [1.165, 1.54) is 33.7 Å². The summed E-state index contributed by atoms with van der Waals surface area (Å²) in [5.41, 5.74) is 7.79. The molecule has 0 saturated heterocycles. The van der Waals surface area contributed by atoms with Crippen molar-refractivity contribution in [1.82, 2.24) is 4.98 Å². The minimum atomic E-state index is 0. The van der Waals surface area contributed by atoms with E-state index < -0.39 is 0 Å². The van der Waals surface area contributed by atoms with Crippen LogP contribution in [-0.2, 0) is 24.9 Å². The van der Waals surface area contributed by atoms with Gasteiger partial charge in [0, 0.05) is 43.7 Å². The molecule has 6 rings (SSSR count). The fraction of sp³-hybridized carbons (Fsp3) is 0.227. The van der Waals surface area contributed by atoms with Crippen LogP contribution in [0.25, 0.3) is 55.2 Å². The molecule has 1 N–H and O–H groups in total. The van der Waals surface area contributed by atoms with Crippen molar-refractivity contribution in [2.75, 3.05) is 0 Å². The van der Waals surface area contributed by atoms with Crippen LogP contribution in [0.5, 0.6) is 0 Å². The zero-order valence-corrected chi connectivity index (χ0v) is 30.6. The molecule has 5 aromatic carbocycles. The third kappa shape index (κ3) is 8.75. The van der Waals surface area contributed by atoms with Gasteiger partial charge in [-0.2, -0.15) is 0 Å². The summed E-state index contributed by atoms with van der Waals surface area (Å²) in [6.45, 7) is 8.07. The predicted octanol–water partition coefficient (Wildman–Crippen LogP) is 12.1. The van der Waals surface area contributed by atoms with Crippen molar-refractivity contribution >= 4 is 27.5 Å². The van der Waals surface area contributed by atoms with Crippen LogP contribution in [0.2, 0.25) is 0 Å². The van der Waals surface area contributed by atoms with Gasteiger partial charge in [0.25, 0.3) is 0 Å².